The van der Waals surface area contributed by atoms with E-state index in [0.717, 1.165) is 17.4 Å². The van der Waals surface area contributed by atoms with Crippen LogP contribution in [0.15, 0.2) is 42.5 Å². The van der Waals surface area contributed by atoms with E-state index in [1.807, 2.05) is 31.2 Å². The van der Waals surface area contributed by atoms with Crippen molar-refractivity contribution in [2.45, 2.75) is 26.0 Å². The van der Waals surface area contributed by atoms with E-state index in [-0.39, 0.29) is 5.91 Å². The van der Waals surface area contributed by atoms with Crippen molar-refractivity contribution in [2.24, 2.45) is 0 Å². The number of carbonyl (C=O) groups excluding carboxylic acids is 2. The first-order valence-corrected chi connectivity index (χ1v) is 11.6. The molecule has 0 spiro atoms. The Bertz CT molecular complexity index is 828. The Morgan fingerprint density at radius 2 is 1.70 bits per heavy atom. The second-order valence-corrected chi connectivity index (χ2v) is 9.84. The van der Waals surface area contributed by atoms with Gasteiger partial charge in [-0.05, 0) is 42.7 Å². The Balaban J connectivity index is 1.84. The Morgan fingerprint density at radius 1 is 1.03 bits per heavy atom. The first kappa shape index (κ1) is 23.8. The maximum Gasteiger partial charge on any atom is 0.500 e. The molecule has 0 unspecified atom stereocenters. The molecule has 2 aromatic carbocycles. The van der Waals surface area contributed by atoms with Gasteiger partial charge in [0.25, 0.3) is 5.91 Å². The molecule has 1 N–H and O–H groups in total. The number of aryl methyl sites for hydroxylation is 1. The lowest BCUT2D eigenvalue weighted by Gasteiger charge is -2.24. The third-order valence-corrected chi connectivity index (χ3v) is 7.72. The van der Waals surface area contributed by atoms with E-state index >= 15 is 0 Å². The monoisotopic (exact) mass is 431 g/mol. The highest BCUT2D eigenvalue weighted by Crippen LogP contribution is 2.21. The van der Waals surface area contributed by atoms with Crippen LogP contribution in [0.2, 0.25) is 6.04 Å². The smallest absolute Gasteiger partial charge is 0.488 e. The van der Waals surface area contributed by atoms with Crippen LogP contribution in [0, 0.1) is 6.92 Å². The minimum atomic E-state index is -2.61. The number of aldehydes is 1. The predicted molar refractivity (Wildman–Crippen MR) is 116 cm³/mol. The third kappa shape index (κ3) is 6.24. The van der Waals surface area contributed by atoms with Crippen LogP contribution in [0.25, 0.3) is 0 Å². The maximum absolute atomic E-state index is 12.3. The molecule has 30 heavy (non-hydrogen) atoms. The van der Waals surface area contributed by atoms with Crippen molar-refractivity contribution in [1.29, 1.82) is 0 Å². The fourth-order valence-electron chi connectivity index (χ4n) is 3.01. The fourth-order valence-corrected chi connectivity index (χ4v) is 4.73. The van der Waals surface area contributed by atoms with Crippen LogP contribution in [0.3, 0.4) is 0 Å². The Morgan fingerprint density at radius 3 is 2.30 bits per heavy atom. The van der Waals surface area contributed by atoms with Crippen LogP contribution in [0.1, 0.15) is 38.3 Å². The summed E-state index contributed by atoms with van der Waals surface area (Å²) >= 11 is 0. The molecular formula is C22H29NO6Si. The van der Waals surface area contributed by atoms with Crippen molar-refractivity contribution < 1.29 is 27.6 Å². The first-order valence-electron chi connectivity index (χ1n) is 9.68. The van der Waals surface area contributed by atoms with Gasteiger partial charge >= 0.3 is 8.80 Å². The highest BCUT2D eigenvalue weighted by molar-refractivity contribution is 6.60. The Labute approximate surface area is 178 Å². The second-order valence-electron chi connectivity index (χ2n) is 6.75. The van der Waals surface area contributed by atoms with E-state index < -0.39 is 8.80 Å². The number of ether oxygens (including phenoxy) is 1. The minimum absolute atomic E-state index is 0.149. The number of benzene rings is 2. The topological polar surface area (TPSA) is 83.1 Å². The van der Waals surface area contributed by atoms with Crippen LogP contribution in [0.5, 0.6) is 5.75 Å². The van der Waals surface area contributed by atoms with E-state index in [9.17, 15) is 9.59 Å². The summed E-state index contributed by atoms with van der Waals surface area (Å²) in [5.41, 5.74) is 2.89. The van der Waals surface area contributed by atoms with Crippen molar-refractivity contribution in [2.75, 3.05) is 27.9 Å². The zero-order chi connectivity index (χ0) is 22.0. The van der Waals surface area contributed by atoms with Gasteiger partial charge in [0.15, 0.2) is 6.29 Å². The summed E-state index contributed by atoms with van der Waals surface area (Å²) in [7, 11) is 2.10. The molecule has 0 saturated carbocycles. The van der Waals surface area contributed by atoms with Crippen molar-refractivity contribution in [3.8, 4) is 5.75 Å². The molecule has 0 bridgehead atoms. The summed E-state index contributed by atoms with van der Waals surface area (Å²) in [4.78, 5) is 23.6. The number of amides is 1. The maximum atomic E-state index is 12.3. The number of hydrogen-bond donors (Lipinski definition) is 1. The molecule has 2 aromatic rings. The zero-order valence-electron chi connectivity index (χ0n) is 17.9. The molecule has 8 heteroatoms. The average Bonchev–Trinajstić information content (AvgIpc) is 2.78. The van der Waals surface area contributed by atoms with Crippen LogP contribution in [-0.2, 0) is 19.9 Å². The summed E-state index contributed by atoms with van der Waals surface area (Å²) in [5, 5.41) is 2.89. The molecule has 0 radical (unpaired) electrons. The molecule has 0 aliphatic rings. The zero-order valence-corrected chi connectivity index (χ0v) is 18.9. The molecule has 7 nitrogen and oxygen atoms in total. The summed E-state index contributed by atoms with van der Waals surface area (Å²) in [6.45, 7) is 2.67. The lowest BCUT2D eigenvalue weighted by atomic mass is 10.1. The second kappa shape index (κ2) is 11.6. The molecule has 0 saturated heterocycles. The Hall–Kier alpha value is -2.52. The first-order chi connectivity index (χ1) is 14.5. The van der Waals surface area contributed by atoms with Crippen molar-refractivity contribution in [3.63, 3.8) is 0 Å². The van der Waals surface area contributed by atoms with Crippen molar-refractivity contribution in [3.05, 3.63) is 64.7 Å². The molecule has 2 rings (SSSR count). The number of rotatable bonds is 12. The summed E-state index contributed by atoms with van der Waals surface area (Å²) in [6, 6.07) is 13.3. The quantitative estimate of drug-likeness (QED) is 0.315. The standard InChI is InChI=1S/C22H29NO6Si/c1-17-7-5-8-21(20(17)15-24)29-16-18-9-11-19(12-10-18)22(25)23-13-6-14-30(26-2,27-3)28-4/h5,7-12,15H,6,13-14,16H2,1-4H3,(H,23,25). The van der Waals surface area contributed by atoms with Gasteiger partial charge in [0.1, 0.15) is 12.4 Å². The third-order valence-electron chi connectivity index (χ3n) is 4.89. The van der Waals surface area contributed by atoms with Crippen molar-refractivity contribution >= 4 is 21.0 Å². The number of carbonyl (C=O) groups is 2. The Kier molecular flexibility index (Phi) is 9.19. The van der Waals surface area contributed by atoms with E-state index in [2.05, 4.69) is 5.32 Å². The van der Waals surface area contributed by atoms with E-state index in [1.165, 1.54) is 0 Å². The van der Waals surface area contributed by atoms with Gasteiger partial charge in [0.2, 0.25) is 0 Å². The van der Waals surface area contributed by atoms with Crippen LogP contribution in [-0.4, -0.2) is 48.9 Å². The molecule has 1 amide bonds. The van der Waals surface area contributed by atoms with Crippen LogP contribution < -0.4 is 10.1 Å². The fraction of sp³-hybridized carbons (Fsp3) is 0.364. The molecule has 0 aliphatic carbocycles. The molecule has 0 fully saturated rings. The molecule has 0 heterocycles. The predicted octanol–water partition coefficient (Wildman–Crippen LogP) is 3.38. The van der Waals surface area contributed by atoms with Gasteiger partial charge in [0, 0.05) is 39.5 Å². The van der Waals surface area contributed by atoms with E-state index in [4.69, 9.17) is 18.0 Å². The summed E-state index contributed by atoms with van der Waals surface area (Å²) in [6.07, 6.45) is 1.49. The van der Waals surface area contributed by atoms with Gasteiger partial charge in [-0.1, -0.05) is 24.3 Å². The van der Waals surface area contributed by atoms with E-state index in [0.29, 0.717) is 42.5 Å². The largest absolute Gasteiger partial charge is 0.500 e. The van der Waals surface area contributed by atoms with Crippen molar-refractivity contribution in [1.82, 2.24) is 5.32 Å². The van der Waals surface area contributed by atoms with Gasteiger partial charge in [-0.2, -0.15) is 0 Å². The number of nitrogens with one attached hydrogen (secondary N) is 1. The SMILES string of the molecule is CO[Si](CCCNC(=O)c1ccc(COc2cccc(C)c2C=O)cc1)(OC)OC. The van der Waals surface area contributed by atoms with Crippen LogP contribution >= 0.6 is 0 Å². The van der Waals surface area contributed by atoms with Gasteiger partial charge in [-0.25, -0.2) is 0 Å². The van der Waals surface area contributed by atoms with Gasteiger partial charge in [0.05, 0.1) is 5.56 Å². The number of hydrogen-bond acceptors (Lipinski definition) is 6. The van der Waals surface area contributed by atoms with Gasteiger partial charge < -0.3 is 23.3 Å². The summed E-state index contributed by atoms with van der Waals surface area (Å²) < 4.78 is 21.9. The van der Waals surface area contributed by atoms with Gasteiger partial charge in [-0.3, -0.25) is 9.59 Å². The molecule has 0 atom stereocenters. The summed E-state index contributed by atoms with van der Waals surface area (Å²) in [5.74, 6) is 0.401. The highest BCUT2D eigenvalue weighted by atomic mass is 28.4. The minimum Gasteiger partial charge on any atom is -0.488 e. The molecule has 162 valence electrons. The van der Waals surface area contributed by atoms with Crippen LogP contribution in [0.4, 0.5) is 0 Å². The lowest BCUT2D eigenvalue weighted by molar-refractivity contribution is 0.0949. The lowest BCUT2D eigenvalue weighted by Crippen LogP contribution is -2.43. The molecule has 0 aliphatic heterocycles. The van der Waals surface area contributed by atoms with Gasteiger partial charge in [-0.15, -0.1) is 0 Å². The average molecular weight is 432 g/mol. The van der Waals surface area contributed by atoms with E-state index in [1.54, 1.807) is 39.5 Å². The highest BCUT2D eigenvalue weighted by Gasteiger charge is 2.36. The molecular weight excluding hydrogens is 402 g/mol. The normalized spacial score (nSPS) is 11.2. The molecule has 0 aromatic heterocycles.